The molecule has 1 aromatic carbocycles. The van der Waals surface area contributed by atoms with Gasteiger partial charge in [0, 0.05) is 17.3 Å². The fourth-order valence-electron chi connectivity index (χ4n) is 3.09. The third-order valence-corrected chi connectivity index (χ3v) is 4.59. The Balaban J connectivity index is 1.51. The first-order valence-electron chi connectivity index (χ1n) is 8.61. The summed E-state index contributed by atoms with van der Waals surface area (Å²) in [6.45, 7) is 1.80. The van der Waals surface area contributed by atoms with Gasteiger partial charge < -0.3 is 9.84 Å². The summed E-state index contributed by atoms with van der Waals surface area (Å²) in [6, 6.07) is 9.15. The number of hydrogen-bond acceptors (Lipinski definition) is 7. The van der Waals surface area contributed by atoms with Crippen LogP contribution in [0, 0.1) is 6.92 Å². The lowest BCUT2D eigenvalue weighted by Gasteiger charge is -2.09. The molecule has 5 rings (SSSR count). The predicted octanol–water partition coefficient (Wildman–Crippen LogP) is 2.64. The van der Waals surface area contributed by atoms with Crippen LogP contribution < -0.4 is 5.32 Å². The second-order valence-corrected chi connectivity index (χ2v) is 6.58. The van der Waals surface area contributed by atoms with E-state index in [2.05, 4.69) is 31.0 Å². The van der Waals surface area contributed by atoms with Gasteiger partial charge in [-0.25, -0.2) is 9.67 Å². The normalized spacial score (nSPS) is 13.8. The molecule has 4 aromatic rings. The van der Waals surface area contributed by atoms with Crippen LogP contribution in [0.25, 0.3) is 16.8 Å². The zero-order valence-corrected chi connectivity index (χ0v) is 14.5. The molecule has 3 aromatic heterocycles. The van der Waals surface area contributed by atoms with Crippen LogP contribution in [-0.4, -0.2) is 36.3 Å². The van der Waals surface area contributed by atoms with Crippen LogP contribution in [0.3, 0.4) is 0 Å². The van der Waals surface area contributed by atoms with Gasteiger partial charge in [0.05, 0.1) is 22.3 Å². The highest BCUT2D eigenvalue weighted by Crippen LogP contribution is 2.40. The number of nitrogens with one attached hydrogen (secondary N) is 1. The van der Waals surface area contributed by atoms with Gasteiger partial charge >= 0.3 is 0 Å². The Morgan fingerprint density at radius 1 is 1.30 bits per heavy atom. The molecule has 3 heterocycles. The zero-order chi connectivity index (χ0) is 18.4. The Hall–Kier alpha value is -3.62. The molecule has 0 unspecified atom stereocenters. The topological polar surface area (TPSA) is 112 Å². The summed E-state index contributed by atoms with van der Waals surface area (Å²) in [5.41, 5.74) is 3.84. The zero-order valence-electron chi connectivity index (χ0n) is 14.5. The molecule has 1 fully saturated rings. The Bertz CT molecular complexity index is 1150. The molecule has 0 bridgehead atoms. The fourth-order valence-corrected chi connectivity index (χ4v) is 3.09. The average molecular weight is 361 g/mol. The van der Waals surface area contributed by atoms with Crippen molar-refractivity contribution < 1.29 is 9.32 Å². The lowest BCUT2D eigenvalue weighted by Crippen LogP contribution is -2.13. The average Bonchev–Trinajstić information content (AvgIpc) is 3.25. The van der Waals surface area contributed by atoms with Gasteiger partial charge in [-0.15, -0.1) is 5.10 Å². The maximum atomic E-state index is 13.0. The van der Waals surface area contributed by atoms with Gasteiger partial charge in [0.15, 0.2) is 0 Å². The van der Waals surface area contributed by atoms with E-state index in [1.54, 1.807) is 13.0 Å². The number of anilines is 1. The summed E-state index contributed by atoms with van der Waals surface area (Å²) in [4.78, 5) is 17.5. The van der Waals surface area contributed by atoms with Crippen molar-refractivity contribution in [2.24, 2.45) is 0 Å². The number of aryl methyl sites for hydroxylation is 1. The minimum absolute atomic E-state index is 0.232. The summed E-state index contributed by atoms with van der Waals surface area (Å²) in [7, 11) is 0. The first-order chi connectivity index (χ1) is 13.2. The van der Waals surface area contributed by atoms with Crippen molar-refractivity contribution in [3.05, 3.63) is 53.6 Å². The van der Waals surface area contributed by atoms with Crippen LogP contribution in [0.15, 0.2) is 41.2 Å². The van der Waals surface area contributed by atoms with Gasteiger partial charge in [-0.1, -0.05) is 11.2 Å². The quantitative estimate of drug-likeness (QED) is 0.594. The van der Waals surface area contributed by atoms with E-state index in [9.17, 15) is 4.79 Å². The van der Waals surface area contributed by atoms with Crippen molar-refractivity contribution in [3.8, 4) is 5.69 Å². The molecule has 134 valence electrons. The molecular weight excluding hydrogens is 346 g/mol. The van der Waals surface area contributed by atoms with E-state index >= 15 is 0 Å². The Labute approximate surface area is 153 Å². The number of benzene rings is 1. The minimum Gasteiger partial charge on any atom is -0.336 e. The number of aromatic nitrogens is 6. The van der Waals surface area contributed by atoms with Gasteiger partial charge in [-0.3, -0.25) is 4.79 Å². The number of fused-ring (bicyclic) bond motifs is 1. The van der Waals surface area contributed by atoms with E-state index in [4.69, 9.17) is 4.52 Å². The first-order valence-corrected chi connectivity index (χ1v) is 8.61. The standard InChI is InChI=1S/C18H15N7O2/c1-10-16-14(8-15(11-5-6-11)21-18(16)27-22-10)17(26)20-12-3-2-4-13(7-12)25-9-19-23-24-25/h2-4,7-9,11H,5-6H2,1H3,(H,20,26). The Morgan fingerprint density at radius 3 is 2.96 bits per heavy atom. The summed E-state index contributed by atoms with van der Waals surface area (Å²) >= 11 is 0. The number of hydrogen-bond donors (Lipinski definition) is 1. The third-order valence-electron chi connectivity index (χ3n) is 4.59. The molecule has 1 amide bonds. The summed E-state index contributed by atoms with van der Waals surface area (Å²) < 4.78 is 6.83. The van der Waals surface area contributed by atoms with Crippen molar-refractivity contribution in [1.29, 1.82) is 0 Å². The van der Waals surface area contributed by atoms with Crippen molar-refractivity contribution in [2.45, 2.75) is 25.7 Å². The van der Waals surface area contributed by atoms with Crippen LogP contribution in [0.1, 0.15) is 40.5 Å². The summed E-state index contributed by atoms with van der Waals surface area (Å²) in [5.74, 6) is 0.166. The van der Waals surface area contributed by atoms with E-state index in [1.807, 2.05) is 24.3 Å². The lowest BCUT2D eigenvalue weighted by atomic mass is 10.1. The highest BCUT2D eigenvalue weighted by Gasteiger charge is 2.28. The third kappa shape index (κ3) is 2.82. The monoisotopic (exact) mass is 361 g/mol. The maximum Gasteiger partial charge on any atom is 0.259 e. The van der Waals surface area contributed by atoms with Crippen molar-refractivity contribution in [3.63, 3.8) is 0 Å². The van der Waals surface area contributed by atoms with E-state index in [0.717, 1.165) is 24.2 Å². The van der Waals surface area contributed by atoms with Gasteiger partial charge in [0.1, 0.15) is 6.33 Å². The second kappa shape index (κ2) is 5.97. The molecule has 0 radical (unpaired) electrons. The molecule has 27 heavy (non-hydrogen) atoms. The molecule has 0 spiro atoms. The van der Waals surface area contributed by atoms with E-state index in [0.29, 0.717) is 34.0 Å². The molecule has 1 aliphatic rings. The van der Waals surface area contributed by atoms with Crippen molar-refractivity contribution in [2.75, 3.05) is 5.32 Å². The molecule has 9 nitrogen and oxygen atoms in total. The molecular formula is C18H15N7O2. The number of carbonyl (C=O) groups excluding carboxylic acids is 1. The minimum atomic E-state index is -0.232. The highest BCUT2D eigenvalue weighted by molar-refractivity contribution is 6.12. The van der Waals surface area contributed by atoms with E-state index < -0.39 is 0 Å². The second-order valence-electron chi connectivity index (χ2n) is 6.58. The lowest BCUT2D eigenvalue weighted by molar-refractivity contribution is 0.102. The highest BCUT2D eigenvalue weighted by atomic mass is 16.5. The molecule has 1 N–H and O–H groups in total. The van der Waals surface area contributed by atoms with Crippen LogP contribution in [0.2, 0.25) is 0 Å². The molecule has 1 aliphatic carbocycles. The van der Waals surface area contributed by atoms with E-state index in [-0.39, 0.29) is 5.91 Å². The van der Waals surface area contributed by atoms with Crippen LogP contribution in [-0.2, 0) is 0 Å². The number of nitrogens with zero attached hydrogens (tertiary/aromatic N) is 6. The number of pyridine rings is 1. The predicted molar refractivity (Wildman–Crippen MR) is 95.6 cm³/mol. The van der Waals surface area contributed by atoms with Gasteiger partial charge in [0.2, 0.25) is 0 Å². The van der Waals surface area contributed by atoms with Crippen LogP contribution >= 0.6 is 0 Å². The molecule has 0 saturated heterocycles. The van der Waals surface area contributed by atoms with Crippen molar-refractivity contribution in [1.82, 2.24) is 30.3 Å². The van der Waals surface area contributed by atoms with Crippen molar-refractivity contribution >= 4 is 22.7 Å². The number of rotatable bonds is 4. The maximum absolute atomic E-state index is 13.0. The van der Waals surface area contributed by atoms with Crippen LogP contribution in [0.5, 0.6) is 0 Å². The fraction of sp³-hybridized carbons (Fsp3) is 0.222. The smallest absolute Gasteiger partial charge is 0.259 e. The van der Waals surface area contributed by atoms with Gasteiger partial charge in [-0.2, -0.15) is 0 Å². The Morgan fingerprint density at radius 2 is 2.19 bits per heavy atom. The largest absolute Gasteiger partial charge is 0.336 e. The summed E-state index contributed by atoms with van der Waals surface area (Å²) in [6.07, 6.45) is 3.66. The molecule has 0 atom stereocenters. The molecule has 0 aliphatic heterocycles. The van der Waals surface area contributed by atoms with Gasteiger partial charge in [-0.05, 0) is 54.5 Å². The molecule has 9 heteroatoms. The Kier molecular flexibility index (Phi) is 3.46. The number of amides is 1. The van der Waals surface area contributed by atoms with Crippen LogP contribution in [0.4, 0.5) is 5.69 Å². The van der Waals surface area contributed by atoms with E-state index in [1.165, 1.54) is 11.0 Å². The number of tetrazole rings is 1. The molecule has 1 saturated carbocycles. The van der Waals surface area contributed by atoms with Gasteiger partial charge in [0.25, 0.3) is 11.6 Å². The number of carbonyl (C=O) groups is 1. The summed E-state index contributed by atoms with van der Waals surface area (Å²) in [5, 5.41) is 18.7. The first kappa shape index (κ1) is 15.6. The SMILES string of the molecule is Cc1noc2nc(C3CC3)cc(C(=O)Nc3cccc(-n4cnnn4)c3)c12.